The number of rotatable bonds is 5. The van der Waals surface area contributed by atoms with Crippen molar-refractivity contribution in [2.45, 2.75) is 30.9 Å². The van der Waals surface area contributed by atoms with Gasteiger partial charge in [-0.1, -0.05) is 35.2 Å². The molecule has 0 radical (unpaired) electrons. The third-order valence-corrected chi connectivity index (χ3v) is 7.17. The third kappa shape index (κ3) is 3.76. The Balaban J connectivity index is 1.47. The van der Waals surface area contributed by atoms with Gasteiger partial charge in [0.15, 0.2) is 9.30 Å². The first kappa shape index (κ1) is 18.1. The number of nitrogens with zero attached hydrogens (tertiary/aromatic N) is 4. The van der Waals surface area contributed by atoms with Crippen LogP contribution < -0.4 is 10.9 Å². The maximum absolute atomic E-state index is 12.2. The van der Waals surface area contributed by atoms with Crippen molar-refractivity contribution in [3.05, 3.63) is 62.5 Å². The van der Waals surface area contributed by atoms with Gasteiger partial charge in [0, 0.05) is 28.6 Å². The largest absolute Gasteiger partial charge is 0.330 e. The summed E-state index contributed by atoms with van der Waals surface area (Å²) in [5.41, 5.74) is 5.10. The number of benzene rings is 1. The van der Waals surface area contributed by atoms with E-state index in [1.165, 1.54) is 45.6 Å². The average molecular weight is 416 g/mol. The second kappa shape index (κ2) is 7.41. The van der Waals surface area contributed by atoms with Crippen LogP contribution in [-0.4, -0.2) is 19.6 Å². The molecular weight excluding hydrogens is 398 g/mol. The molecule has 4 rings (SSSR count). The molecule has 0 spiro atoms. The zero-order valence-electron chi connectivity index (χ0n) is 15.0. The van der Waals surface area contributed by atoms with Crippen LogP contribution in [0.2, 0.25) is 0 Å². The van der Waals surface area contributed by atoms with E-state index in [4.69, 9.17) is 0 Å². The Morgan fingerprint density at radius 3 is 2.93 bits per heavy atom. The Morgan fingerprint density at radius 2 is 2.07 bits per heavy atom. The molecule has 9 heteroatoms. The summed E-state index contributed by atoms with van der Waals surface area (Å²) in [5.74, 6) is 0.584. The number of fused-ring (bicyclic) bond motifs is 1. The number of thioether (sulfide) groups is 1. The lowest BCUT2D eigenvalue weighted by molar-refractivity contribution is 0.992. The van der Waals surface area contributed by atoms with Crippen molar-refractivity contribution < 1.29 is 0 Å². The summed E-state index contributed by atoms with van der Waals surface area (Å²) in [7, 11) is 0. The molecule has 3 heterocycles. The molecule has 0 aliphatic heterocycles. The molecule has 4 aromatic rings. The van der Waals surface area contributed by atoms with Gasteiger partial charge in [0.1, 0.15) is 0 Å². The monoisotopic (exact) mass is 415 g/mol. The molecular formula is C18H17N5OS3. The standard InChI is InChI=1S/C18H17N5OS3/c1-10-5-4-6-14(12(10)3)20-16-21-22-18(27-16)26-9-13-7-15(24)23-11(2)8-25-17(23)19-13/h4-8H,9H2,1-3H3,(H,20,21). The van der Waals surface area contributed by atoms with Crippen molar-refractivity contribution in [3.8, 4) is 0 Å². The van der Waals surface area contributed by atoms with Crippen LogP contribution in [0.1, 0.15) is 22.5 Å². The van der Waals surface area contributed by atoms with E-state index in [1.54, 1.807) is 10.5 Å². The van der Waals surface area contributed by atoms with E-state index in [1.807, 2.05) is 24.4 Å². The lowest BCUT2D eigenvalue weighted by Gasteiger charge is -2.08. The summed E-state index contributed by atoms with van der Waals surface area (Å²) in [6.45, 7) is 6.08. The Labute approximate surface area is 168 Å². The first-order valence-corrected chi connectivity index (χ1v) is 11.0. The lowest BCUT2D eigenvalue weighted by Crippen LogP contribution is -2.14. The second-order valence-electron chi connectivity index (χ2n) is 6.12. The maximum Gasteiger partial charge on any atom is 0.258 e. The molecule has 3 aromatic heterocycles. The van der Waals surface area contributed by atoms with Gasteiger partial charge in [0.05, 0.1) is 5.69 Å². The molecule has 1 N–H and O–H groups in total. The minimum absolute atomic E-state index is 0.0381. The van der Waals surface area contributed by atoms with Crippen LogP contribution in [0, 0.1) is 20.8 Å². The lowest BCUT2D eigenvalue weighted by atomic mass is 10.1. The molecule has 0 saturated heterocycles. The number of hydrogen-bond donors (Lipinski definition) is 1. The number of thiazole rings is 1. The highest BCUT2D eigenvalue weighted by molar-refractivity contribution is 8.00. The van der Waals surface area contributed by atoms with E-state index in [0.29, 0.717) is 5.75 Å². The van der Waals surface area contributed by atoms with Gasteiger partial charge >= 0.3 is 0 Å². The van der Waals surface area contributed by atoms with Crippen LogP contribution in [-0.2, 0) is 5.75 Å². The molecule has 0 aliphatic rings. The third-order valence-electron chi connectivity index (χ3n) is 4.22. The summed E-state index contributed by atoms with van der Waals surface area (Å²) >= 11 is 4.51. The van der Waals surface area contributed by atoms with Crippen LogP contribution in [0.25, 0.3) is 4.96 Å². The van der Waals surface area contributed by atoms with E-state index < -0.39 is 0 Å². The van der Waals surface area contributed by atoms with Gasteiger partial charge < -0.3 is 5.32 Å². The van der Waals surface area contributed by atoms with Gasteiger partial charge in [-0.2, -0.15) is 0 Å². The number of aromatic nitrogens is 4. The fourth-order valence-electron chi connectivity index (χ4n) is 2.63. The smallest absolute Gasteiger partial charge is 0.258 e. The fourth-order valence-corrected chi connectivity index (χ4v) is 5.18. The van der Waals surface area contributed by atoms with E-state index in [0.717, 1.165) is 31.5 Å². The molecule has 0 unspecified atom stereocenters. The fraction of sp³-hybridized carbons (Fsp3) is 0.222. The van der Waals surface area contributed by atoms with E-state index in [-0.39, 0.29) is 5.56 Å². The molecule has 27 heavy (non-hydrogen) atoms. The van der Waals surface area contributed by atoms with Gasteiger partial charge in [-0.25, -0.2) is 4.98 Å². The topological polar surface area (TPSA) is 72.2 Å². The zero-order valence-corrected chi connectivity index (χ0v) is 17.5. The minimum Gasteiger partial charge on any atom is -0.330 e. The van der Waals surface area contributed by atoms with Crippen LogP contribution in [0.15, 0.2) is 38.8 Å². The first-order chi connectivity index (χ1) is 13.0. The molecule has 6 nitrogen and oxygen atoms in total. The molecule has 0 atom stereocenters. The van der Waals surface area contributed by atoms with Crippen LogP contribution in [0.4, 0.5) is 10.8 Å². The normalized spacial score (nSPS) is 11.2. The zero-order chi connectivity index (χ0) is 19.0. The second-order valence-corrected chi connectivity index (χ2v) is 9.15. The Morgan fingerprint density at radius 1 is 1.22 bits per heavy atom. The van der Waals surface area contributed by atoms with Gasteiger partial charge in [-0.15, -0.1) is 21.5 Å². The van der Waals surface area contributed by atoms with Gasteiger partial charge in [-0.3, -0.25) is 9.20 Å². The van der Waals surface area contributed by atoms with Crippen LogP contribution >= 0.6 is 34.4 Å². The number of nitrogens with one attached hydrogen (secondary N) is 1. The van der Waals surface area contributed by atoms with Crippen molar-refractivity contribution in [2.24, 2.45) is 0 Å². The molecule has 0 bridgehead atoms. The maximum atomic E-state index is 12.2. The Bertz CT molecular complexity index is 1180. The average Bonchev–Trinajstić information content (AvgIpc) is 3.24. The molecule has 0 aliphatic carbocycles. The minimum atomic E-state index is -0.0381. The highest BCUT2D eigenvalue weighted by atomic mass is 32.2. The van der Waals surface area contributed by atoms with Crippen molar-refractivity contribution in [3.63, 3.8) is 0 Å². The number of aryl methyl sites for hydroxylation is 2. The summed E-state index contributed by atoms with van der Waals surface area (Å²) in [6.07, 6.45) is 0. The first-order valence-electron chi connectivity index (χ1n) is 8.27. The number of anilines is 2. The molecule has 138 valence electrons. The van der Waals surface area contributed by atoms with Gasteiger partial charge in [0.2, 0.25) is 5.13 Å². The van der Waals surface area contributed by atoms with E-state index in [9.17, 15) is 4.79 Å². The summed E-state index contributed by atoms with van der Waals surface area (Å²) in [4.78, 5) is 17.5. The highest BCUT2D eigenvalue weighted by Crippen LogP contribution is 2.30. The molecule has 0 saturated carbocycles. The summed E-state index contributed by atoms with van der Waals surface area (Å²) in [5, 5.41) is 14.5. The van der Waals surface area contributed by atoms with E-state index >= 15 is 0 Å². The van der Waals surface area contributed by atoms with Crippen LogP contribution in [0.3, 0.4) is 0 Å². The summed E-state index contributed by atoms with van der Waals surface area (Å²) < 4.78 is 2.47. The van der Waals surface area contributed by atoms with Gasteiger partial charge in [-0.05, 0) is 38.0 Å². The van der Waals surface area contributed by atoms with Gasteiger partial charge in [0.25, 0.3) is 5.56 Å². The molecule has 0 amide bonds. The number of hydrogen-bond acceptors (Lipinski definition) is 8. The van der Waals surface area contributed by atoms with Crippen molar-refractivity contribution in [2.75, 3.05) is 5.32 Å². The molecule has 0 fully saturated rings. The summed E-state index contributed by atoms with van der Waals surface area (Å²) in [6, 6.07) is 7.74. The Kier molecular flexibility index (Phi) is 4.98. The van der Waals surface area contributed by atoms with Crippen molar-refractivity contribution >= 4 is 50.2 Å². The van der Waals surface area contributed by atoms with Crippen molar-refractivity contribution in [1.29, 1.82) is 0 Å². The quantitative estimate of drug-likeness (QED) is 0.482. The SMILES string of the molecule is Cc1cccc(Nc2nnc(SCc3cc(=O)n4c(C)csc4n3)s2)c1C. The van der Waals surface area contributed by atoms with Crippen molar-refractivity contribution in [1.82, 2.24) is 19.6 Å². The highest BCUT2D eigenvalue weighted by Gasteiger charge is 2.10. The molecule has 1 aromatic carbocycles. The van der Waals surface area contributed by atoms with E-state index in [2.05, 4.69) is 40.4 Å². The predicted octanol–water partition coefficient (Wildman–Crippen LogP) is 4.57. The van der Waals surface area contributed by atoms with Crippen LogP contribution in [0.5, 0.6) is 0 Å². The Hall–Kier alpha value is -2.23. The predicted molar refractivity (Wildman–Crippen MR) is 113 cm³/mol.